The van der Waals surface area contributed by atoms with Gasteiger partial charge in [0, 0.05) is 18.2 Å². The molecule has 2 aromatic carbocycles. The average molecular weight is 471 g/mol. The van der Waals surface area contributed by atoms with Gasteiger partial charge in [-0.05, 0) is 48.0 Å². The number of carbonyl (C=O) groups is 1. The molecule has 0 radical (unpaired) electrons. The van der Waals surface area contributed by atoms with Crippen LogP contribution >= 0.6 is 0 Å². The Kier molecular flexibility index (Phi) is 5.03. The monoisotopic (exact) mass is 471 g/mol. The minimum absolute atomic E-state index is 0.230. The van der Waals surface area contributed by atoms with Crippen molar-refractivity contribution in [2.24, 2.45) is 0 Å². The lowest BCUT2D eigenvalue weighted by Crippen LogP contribution is -2.50. The van der Waals surface area contributed by atoms with Gasteiger partial charge in [0.2, 0.25) is 0 Å². The van der Waals surface area contributed by atoms with Crippen LogP contribution in [0.2, 0.25) is 0 Å². The van der Waals surface area contributed by atoms with Gasteiger partial charge in [0.15, 0.2) is 5.58 Å². The third-order valence-electron chi connectivity index (χ3n) is 5.50. The highest BCUT2D eigenvalue weighted by Gasteiger charge is 2.43. The average Bonchev–Trinajstić information content (AvgIpc) is 3.18. The number of fused-ring (bicyclic) bond motifs is 2. The molecule has 0 fully saturated rings. The minimum Gasteiger partial charge on any atom is -0.491 e. The highest BCUT2D eigenvalue weighted by molar-refractivity contribution is 5.97. The number of H-pyrrole nitrogens is 1. The van der Waals surface area contributed by atoms with Crippen LogP contribution < -0.4 is 20.5 Å². The number of rotatable bonds is 4. The summed E-state index contributed by atoms with van der Waals surface area (Å²) in [6.07, 6.45) is -3.02. The molecule has 2 N–H and O–H groups in total. The molecule has 3 heterocycles. The summed E-state index contributed by atoms with van der Waals surface area (Å²) < 4.78 is 52.5. The van der Waals surface area contributed by atoms with Crippen LogP contribution in [0.3, 0.4) is 0 Å². The molecule has 8 nitrogen and oxygen atoms in total. The standard InChI is InChI=1S/C23H16F3N3O5/c24-23(25,26)34-15-6-4-14(5-7-15)22(9-11-32-18-2-1-10-27-19(18)22)29-20(30)13-3-8-17-16(12-13)28-21(31)33-17/h1-8,10,12H,9,11H2,(H,28,31)(H,29,30). The number of nitrogens with zero attached hydrogens (tertiary/aromatic N) is 1. The molecular formula is C23H16F3N3O5. The smallest absolute Gasteiger partial charge is 0.491 e. The Hall–Kier alpha value is -4.28. The molecule has 1 amide bonds. The van der Waals surface area contributed by atoms with Crippen molar-refractivity contribution in [1.82, 2.24) is 15.3 Å². The summed E-state index contributed by atoms with van der Waals surface area (Å²) in [5.41, 5.74) is 0.611. The molecule has 5 rings (SSSR count). The molecule has 0 spiro atoms. The van der Waals surface area contributed by atoms with Crippen LogP contribution in [0.25, 0.3) is 11.1 Å². The van der Waals surface area contributed by atoms with Crippen LogP contribution in [0, 0.1) is 0 Å². The van der Waals surface area contributed by atoms with E-state index in [9.17, 15) is 22.8 Å². The second-order valence-corrected chi connectivity index (χ2v) is 7.61. The van der Waals surface area contributed by atoms with E-state index in [0.717, 1.165) is 0 Å². The van der Waals surface area contributed by atoms with Crippen molar-refractivity contribution >= 4 is 17.0 Å². The SMILES string of the molecule is O=C(NC1(c2ccc(OC(F)(F)F)cc2)CCOc2cccnc21)c1ccc2oc(=O)[nH]c2c1. The number of carbonyl (C=O) groups excluding carboxylic acids is 1. The van der Waals surface area contributed by atoms with Crippen LogP contribution in [0.15, 0.2) is 70.0 Å². The summed E-state index contributed by atoms with van der Waals surface area (Å²) in [7, 11) is 0. The lowest BCUT2D eigenvalue weighted by molar-refractivity contribution is -0.274. The Morgan fingerprint density at radius 3 is 2.71 bits per heavy atom. The highest BCUT2D eigenvalue weighted by atomic mass is 19.4. The molecule has 1 aliphatic rings. The first kappa shape index (κ1) is 21.6. The van der Waals surface area contributed by atoms with Gasteiger partial charge >= 0.3 is 12.1 Å². The van der Waals surface area contributed by atoms with Gasteiger partial charge in [0.1, 0.15) is 22.7 Å². The van der Waals surface area contributed by atoms with Crippen molar-refractivity contribution in [2.75, 3.05) is 6.61 Å². The molecule has 4 aromatic rings. The zero-order valence-electron chi connectivity index (χ0n) is 17.3. The van der Waals surface area contributed by atoms with E-state index < -0.39 is 23.6 Å². The second-order valence-electron chi connectivity index (χ2n) is 7.61. The number of aromatic nitrogens is 2. The number of ether oxygens (including phenoxy) is 2. The first-order valence-corrected chi connectivity index (χ1v) is 10.1. The normalized spacial score (nSPS) is 17.6. The molecule has 0 saturated carbocycles. The minimum atomic E-state index is -4.83. The summed E-state index contributed by atoms with van der Waals surface area (Å²) in [4.78, 5) is 31.7. The number of oxazole rings is 1. The van der Waals surface area contributed by atoms with Crippen LogP contribution in [0.1, 0.15) is 28.0 Å². The van der Waals surface area contributed by atoms with E-state index in [1.54, 1.807) is 12.1 Å². The van der Waals surface area contributed by atoms with E-state index in [1.807, 2.05) is 0 Å². The van der Waals surface area contributed by atoms with Crippen LogP contribution in [-0.4, -0.2) is 28.8 Å². The molecule has 0 bridgehead atoms. The third-order valence-corrected chi connectivity index (χ3v) is 5.50. The molecule has 34 heavy (non-hydrogen) atoms. The largest absolute Gasteiger partial charge is 0.573 e. The molecule has 1 unspecified atom stereocenters. The number of aromatic amines is 1. The number of alkyl halides is 3. The lowest BCUT2D eigenvalue weighted by atomic mass is 9.81. The molecule has 0 saturated heterocycles. The fourth-order valence-corrected chi connectivity index (χ4v) is 4.04. The molecule has 174 valence electrons. The van der Waals surface area contributed by atoms with Gasteiger partial charge in [0.25, 0.3) is 5.91 Å². The van der Waals surface area contributed by atoms with Gasteiger partial charge in [-0.3, -0.25) is 14.8 Å². The fraction of sp³-hybridized carbons (Fsp3) is 0.174. The Labute approximate surface area is 189 Å². The van der Waals surface area contributed by atoms with Crippen LogP contribution in [-0.2, 0) is 5.54 Å². The van der Waals surface area contributed by atoms with E-state index in [4.69, 9.17) is 9.15 Å². The number of pyridine rings is 1. The third kappa shape index (κ3) is 3.96. The number of amides is 1. The van der Waals surface area contributed by atoms with Crippen molar-refractivity contribution in [3.8, 4) is 11.5 Å². The predicted octanol–water partition coefficient (Wildman–Crippen LogP) is 3.87. The summed E-state index contributed by atoms with van der Waals surface area (Å²) >= 11 is 0. The van der Waals surface area contributed by atoms with Crippen molar-refractivity contribution in [2.45, 2.75) is 18.3 Å². The lowest BCUT2D eigenvalue weighted by Gasteiger charge is -2.39. The Balaban J connectivity index is 1.56. The highest BCUT2D eigenvalue weighted by Crippen LogP contribution is 2.41. The molecule has 0 aliphatic carbocycles. The fourth-order valence-electron chi connectivity index (χ4n) is 4.04. The summed E-state index contributed by atoms with van der Waals surface area (Å²) in [6.45, 7) is 0.230. The number of benzene rings is 2. The zero-order chi connectivity index (χ0) is 23.9. The first-order valence-electron chi connectivity index (χ1n) is 10.1. The van der Waals surface area contributed by atoms with Crippen molar-refractivity contribution in [3.05, 3.63) is 88.2 Å². The molecule has 11 heteroatoms. The van der Waals surface area contributed by atoms with Crippen molar-refractivity contribution < 1.29 is 31.9 Å². The van der Waals surface area contributed by atoms with Gasteiger partial charge < -0.3 is 19.2 Å². The topological polar surface area (TPSA) is 106 Å². The van der Waals surface area contributed by atoms with Crippen molar-refractivity contribution in [1.29, 1.82) is 0 Å². The summed E-state index contributed by atoms with van der Waals surface area (Å²) in [6, 6.07) is 13.1. The van der Waals surface area contributed by atoms with Crippen LogP contribution in [0.4, 0.5) is 13.2 Å². The van der Waals surface area contributed by atoms with E-state index in [2.05, 4.69) is 20.0 Å². The van der Waals surface area contributed by atoms with E-state index in [0.29, 0.717) is 28.1 Å². The molecule has 1 atom stereocenters. The van der Waals surface area contributed by atoms with Gasteiger partial charge in [-0.1, -0.05) is 12.1 Å². The predicted molar refractivity (Wildman–Crippen MR) is 113 cm³/mol. The van der Waals surface area contributed by atoms with Crippen LogP contribution in [0.5, 0.6) is 11.5 Å². The molecule has 2 aromatic heterocycles. The van der Waals surface area contributed by atoms with E-state index >= 15 is 0 Å². The maximum atomic E-state index is 13.3. The van der Waals surface area contributed by atoms with Gasteiger partial charge in [-0.15, -0.1) is 13.2 Å². The number of halogens is 3. The number of hydrogen-bond donors (Lipinski definition) is 2. The number of nitrogens with one attached hydrogen (secondary N) is 2. The Morgan fingerprint density at radius 1 is 1.15 bits per heavy atom. The van der Waals surface area contributed by atoms with E-state index in [1.165, 1.54) is 48.7 Å². The molecule has 1 aliphatic heterocycles. The number of hydrogen-bond acceptors (Lipinski definition) is 6. The maximum absolute atomic E-state index is 13.3. The van der Waals surface area contributed by atoms with E-state index in [-0.39, 0.29) is 24.3 Å². The maximum Gasteiger partial charge on any atom is 0.573 e. The zero-order valence-corrected chi connectivity index (χ0v) is 17.3. The Morgan fingerprint density at radius 2 is 1.94 bits per heavy atom. The summed E-state index contributed by atoms with van der Waals surface area (Å²) in [5.74, 6) is -1.08. The van der Waals surface area contributed by atoms with Gasteiger partial charge in [0.05, 0.1) is 12.1 Å². The second kappa shape index (κ2) is 7.94. The Bertz CT molecular complexity index is 1430. The molecular weight excluding hydrogens is 455 g/mol. The van der Waals surface area contributed by atoms with Gasteiger partial charge in [-0.25, -0.2) is 4.79 Å². The quantitative estimate of drug-likeness (QED) is 0.468. The van der Waals surface area contributed by atoms with Crippen molar-refractivity contribution in [3.63, 3.8) is 0 Å². The van der Waals surface area contributed by atoms with Gasteiger partial charge in [-0.2, -0.15) is 0 Å². The summed E-state index contributed by atoms with van der Waals surface area (Å²) in [5, 5.41) is 2.99. The first-order chi connectivity index (χ1) is 16.2.